The van der Waals surface area contributed by atoms with Crippen LogP contribution in [0.15, 0.2) is 48.5 Å². The van der Waals surface area contributed by atoms with Gasteiger partial charge in [0.05, 0.1) is 14.2 Å². The molecule has 1 heterocycles. The number of benzene rings is 2. The summed E-state index contributed by atoms with van der Waals surface area (Å²) in [5.74, 6) is 1.75. The van der Waals surface area contributed by atoms with E-state index in [1.807, 2.05) is 23.1 Å². The van der Waals surface area contributed by atoms with Gasteiger partial charge in [-0.3, -0.25) is 9.59 Å². The van der Waals surface area contributed by atoms with Gasteiger partial charge in [0.25, 0.3) is 5.91 Å². The van der Waals surface area contributed by atoms with Gasteiger partial charge in [0, 0.05) is 43.7 Å². The van der Waals surface area contributed by atoms with Crippen LogP contribution in [-0.2, 0) is 4.79 Å². The first-order valence-electron chi connectivity index (χ1n) is 9.97. The van der Waals surface area contributed by atoms with Crippen LogP contribution < -0.4 is 9.47 Å². The summed E-state index contributed by atoms with van der Waals surface area (Å²) in [7, 11) is 3.13. The number of hydrogen-bond acceptors (Lipinski definition) is 4. The molecular weight excluding hydrogens is 368 g/mol. The second-order valence-electron chi connectivity index (χ2n) is 7.58. The number of hydrogen-bond donors (Lipinski definition) is 0. The zero-order chi connectivity index (χ0) is 20.4. The highest BCUT2D eigenvalue weighted by molar-refractivity contribution is 5.95. The molecule has 29 heavy (non-hydrogen) atoms. The summed E-state index contributed by atoms with van der Waals surface area (Å²) in [6.07, 6.45) is 0.922. The second-order valence-corrected chi connectivity index (χ2v) is 7.58. The topological polar surface area (TPSA) is 59.1 Å². The van der Waals surface area contributed by atoms with E-state index in [1.54, 1.807) is 37.3 Å². The van der Waals surface area contributed by atoms with Crippen LogP contribution in [-0.4, -0.2) is 62.0 Å². The largest absolute Gasteiger partial charge is 0.497 e. The van der Waals surface area contributed by atoms with E-state index in [0.29, 0.717) is 49.2 Å². The lowest BCUT2D eigenvalue weighted by Crippen LogP contribution is -2.51. The lowest BCUT2D eigenvalue weighted by molar-refractivity contribution is -0.134. The molecular formula is C23H26N2O4. The van der Waals surface area contributed by atoms with E-state index in [2.05, 4.69) is 12.1 Å². The zero-order valence-electron chi connectivity index (χ0n) is 16.8. The second kappa shape index (κ2) is 8.15. The standard InChI is InChI=1S/C23H26N2O4/c1-28-18-12-17(13-19(14-18)29-2)22(26)24-8-10-25(11-9-24)23(27)21-15-20(21)16-6-4-3-5-7-16/h3-7,12-14,20-21H,8-11,15H2,1-2H3. The van der Waals surface area contributed by atoms with Crippen molar-refractivity contribution >= 4 is 11.8 Å². The molecule has 0 aromatic heterocycles. The number of carbonyl (C=O) groups excluding carboxylic acids is 2. The van der Waals surface area contributed by atoms with E-state index in [9.17, 15) is 9.59 Å². The van der Waals surface area contributed by atoms with Crippen LogP contribution in [0, 0.1) is 5.92 Å². The van der Waals surface area contributed by atoms with Crippen molar-refractivity contribution in [2.75, 3.05) is 40.4 Å². The molecule has 6 nitrogen and oxygen atoms in total. The first-order valence-corrected chi connectivity index (χ1v) is 9.97. The van der Waals surface area contributed by atoms with Crippen LogP contribution in [0.3, 0.4) is 0 Å². The Morgan fingerprint density at radius 1 is 0.862 bits per heavy atom. The van der Waals surface area contributed by atoms with Crippen molar-refractivity contribution in [3.8, 4) is 11.5 Å². The lowest BCUT2D eigenvalue weighted by Gasteiger charge is -2.35. The number of rotatable bonds is 5. The summed E-state index contributed by atoms with van der Waals surface area (Å²) >= 11 is 0. The van der Waals surface area contributed by atoms with Gasteiger partial charge < -0.3 is 19.3 Å². The van der Waals surface area contributed by atoms with Crippen LogP contribution in [0.4, 0.5) is 0 Å². The zero-order valence-corrected chi connectivity index (χ0v) is 16.8. The van der Waals surface area contributed by atoms with Gasteiger partial charge in [0.2, 0.25) is 5.91 Å². The number of ether oxygens (including phenoxy) is 2. The molecule has 0 spiro atoms. The molecule has 0 radical (unpaired) electrons. The fraction of sp³-hybridized carbons (Fsp3) is 0.391. The van der Waals surface area contributed by atoms with Crippen molar-refractivity contribution in [3.05, 3.63) is 59.7 Å². The maximum absolute atomic E-state index is 12.9. The van der Waals surface area contributed by atoms with E-state index >= 15 is 0 Å². The van der Waals surface area contributed by atoms with Crippen molar-refractivity contribution in [3.63, 3.8) is 0 Å². The molecule has 1 aliphatic heterocycles. The van der Waals surface area contributed by atoms with E-state index in [1.165, 1.54) is 5.56 Å². The van der Waals surface area contributed by atoms with Gasteiger partial charge in [-0.25, -0.2) is 0 Å². The Hall–Kier alpha value is -3.02. The van der Waals surface area contributed by atoms with Crippen LogP contribution in [0.5, 0.6) is 11.5 Å². The van der Waals surface area contributed by atoms with Crippen molar-refractivity contribution in [2.45, 2.75) is 12.3 Å². The molecule has 0 bridgehead atoms. The SMILES string of the molecule is COc1cc(OC)cc(C(=O)N2CCN(C(=O)C3CC3c3ccccc3)CC2)c1. The third-order valence-electron chi connectivity index (χ3n) is 5.81. The third kappa shape index (κ3) is 4.06. The van der Waals surface area contributed by atoms with Crippen molar-refractivity contribution in [1.29, 1.82) is 0 Å². The molecule has 2 unspecified atom stereocenters. The fourth-order valence-corrected chi connectivity index (χ4v) is 4.01. The smallest absolute Gasteiger partial charge is 0.254 e. The summed E-state index contributed by atoms with van der Waals surface area (Å²) < 4.78 is 10.5. The number of piperazine rings is 1. The van der Waals surface area contributed by atoms with Crippen LogP contribution in [0.1, 0.15) is 28.3 Å². The van der Waals surface area contributed by atoms with Gasteiger partial charge in [0.15, 0.2) is 0 Å². The van der Waals surface area contributed by atoms with Gasteiger partial charge in [-0.2, -0.15) is 0 Å². The quantitative estimate of drug-likeness (QED) is 0.783. The monoisotopic (exact) mass is 394 g/mol. The van der Waals surface area contributed by atoms with Crippen LogP contribution in [0.2, 0.25) is 0 Å². The maximum Gasteiger partial charge on any atom is 0.254 e. The van der Waals surface area contributed by atoms with Crippen molar-refractivity contribution in [1.82, 2.24) is 9.80 Å². The molecule has 1 saturated heterocycles. The van der Waals surface area contributed by atoms with Gasteiger partial charge >= 0.3 is 0 Å². The van der Waals surface area contributed by atoms with Crippen LogP contribution >= 0.6 is 0 Å². The summed E-state index contributed by atoms with van der Waals surface area (Å²) in [6.45, 7) is 2.22. The molecule has 4 rings (SSSR count). The Morgan fingerprint density at radius 3 is 2.03 bits per heavy atom. The van der Waals surface area contributed by atoms with E-state index < -0.39 is 0 Å². The van der Waals surface area contributed by atoms with E-state index in [-0.39, 0.29) is 17.7 Å². The summed E-state index contributed by atoms with van der Waals surface area (Å²) in [4.78, 5) is 29.5. The number of methoxy groups -OCH3 is 2. The van der Waals surface area contributed by atoms with Crippen molar-refractivity contribution in [2.24, 2.45) is 5.92 Å². The molecule has 2 aromatic carbocycles. The third-order valence-corrected chi connectivity index (χ3v) is 5.81. The molecule has 2 aliphatic rings. The Morgan fingerprint density at radius 2 is 1.45 bits per heavy atom. The van der Waals surface area contributed by atoms with E-state index in [4.69, 9.17) is 9.47 Å². The maximum atomic E-state index is 12.9. The molecule has 1 saturated carbocycles. The van der Waals surface area contributed by atoms with Crippen molar-refractivity contribution < 1.29 is 19.1 Å². The first kappa shape index (κ1) is 19.3. The highest BCUT2D eigenvalue weighted by Crippen LogP contribution is 2.48. The normalized spacial score (nSPS) is 20.9. The number of nitrogens with zero attached hydrogens (tertiary/aromatic N) is 2. The highest BCUT2D eigenvalue weighted by Gasteiger charge is 2.46. The van der Waals surface area contributed by atoms with Gasteiger partial charge in [-0.15, -0.1) is 0 Å². The molecule has 2 atom stereocenters. The molecule has 2 fully saturated rings. The highest BCUT2D eigenvalue weighted by atomic mass is 16.5. The minimum atomic E-state index is -0.0668. The summed E-state index contributed by atoms with van der Waals surface area (Å²) in [6, 6.07) is 15.4. The molecule has 1 aliphatic carbocycles. The predicted molar refractivity (Wildman–Crippen MR) is 109 cm³/mol. The number of carbonyl (C=O) groups is 2. The fourth-order valence-electron chi connectivity index (χ4n) is 4.01. The lowest BCUT2D eigenvalue weighted by atomic mass is 10.1. The van der Waals surface area contributed by atoms with Gasteiger partial charge in [0.1, 0.15) is 11.5 Å². The first-order chi connectivity index (χ1) is 14.1. The molecule has 2 amide bonds. The van der Waals surface area contributed by atoms with Gasteiger partial charge in [-0.05, 0) is 30.0 Å². The number of amides is 2. The minimum Gasteiger partial charge on any atom is -0.497 e. The minimum absolute atomic E-state index is 0.0668. The Kier molecular flexibility index (Phi) is 5.43. The Labute approximate surface area is 171 Å². The molecule has 2 aromatic rings. The summed E-state index contributed by atoms with van der Waals surface area (Å²) in [5, 5.41) is 0. The average molecular weight is 394 g/mol. The average Bonchev–Trinajstić information content (AvgIpc) is 3.59. The summed E-state index contributed by atoms with van der Waals surface area (Å²) in [5.41, 5.74) is 1.78. The molecule has 6 heteroatoms. The molecule has 0 N–H and O–H groups in total. The predicted octanol–water partition coefficient (Wildman–Crippen LogP) is 2.79. The van der Waals surface area contributed by atoms with Gasteiger partial charge in [-0.1, -0.05) is 30.3 Å². The Balaban J connectivity index is 1.35. The van der Waals surface area contributed by atoms with Crippen LogP contribution in [0.25, 0.3) is 0 Å². The molecule has 152 valence electrons. The van der Waals surface area contributed by atoms with E-state index in [0.717, 1.165) is 6.42 Å². The Bertz CT molecular complexity index is 869.